The number of carbonyl (C=O) groups excluding carboxylic acids is 2. The van der Waals surface area contributed by atoms with Crippen molar-refractivity contribution in [2.75, 3.05) is 0 Å². The second-order valence-electron chi connectivity index (χ2n) is 8.96. The lowest BCUT2D eigenvalue weighted by molar-refractivity contribution is -0.134. The predicted molar refractivity (Wildman–Crippen MR) is 116 cm³/mol. The molecule has 0 saturated heterocycles. The van der Waals surface area contributed by atoms with Crippen LogP contribution in [0.5, 0.6) is 0 Å². The summed E-state index contributed by atoms with van der Waals surface area (Å²) in [7, 11) is 0. The molecule has 0 spiro atoms. The van der Waals surface area contributed by atoms with Gasteiger partial charge in [-0.25, -0.2) is 0 Å². The zero-order valence-corrected chi connectivity index (χ0v) is 18.2. The summed E-state index contributed by atoms with van der Waals surface area (Å²) in [6, 6.07) is 7.83. The third-order valence-electron chi connectivity index (χ3n) is 6.78. The number of furan rings is 1. The first-order valence-corrected chi connectivity index (χ1v) is 11.6. The maximum Gasteiger partial charge on any atom is 0.271 e. The molecule has 30 heavy (non-hydrogen) atoms. The Morgan fingerprint density at radius 2 is 2.10 bits per heavy atom. The maximum atomic E-state index is 13.6. The van der Waals surface area contributed by atoms with Crippen molar-refractivity contribution >= 4 is 34.3 Å². The Hall–Kier alpha value is -2.54. The highest BCUT2D eigenvalue weighted by Gasteiger charge is 2.48. The highest BCUT2D eigenvalue weighted by atomic mass is 32.1. The lowest BCUT2D eigenvalue weighted by atomic mass is 9.86. The van der Waals surface area contributed by atoms with Crippen LogP contribution in [0.3, 0.4) is 0 Å². The SMILES string of the molecule is CC1CCC(NC(=O)[C@@]2(C)Cn3c(cc4occc43)C(=O)N2Cc2cccs2)CC1. The van der Waals surface area contributed by atoms with Gasteiger partial charge in [-0.15, -0.1) is 11.3 Å². The van der Waals surface area contributed by atoms with Crippen molar-refractivity contribution in [2.45, 2.75) is 64.2 Å². The topological polar surface area (TPSA) is 67.5 Å². The van der Waals surface area contributed by atoms with Crippen LogP contribution < -0.4 is 5.32 Å². The Bertz CT molecular complexity index is 1070. The van der Waals surface area contributed by atoms with Crippen LogP contribution in [0.2, 0.25) is 0 Å². The van der Waals surface area contributed by atoms with E-state index in [0.29, 0.717) is 24.4 Å². The number of thiophene rings is 1. The van der Waals surface area contributed by atoms with Crippen LogP contribution >= 0.6 is 11.3 Å². The molecule has 2 amide bonds. The van der Waals surface area contributed by atoms with Gasteiger partial charge >= 0.3 is 0 Å². The lowest BCUT2D eigenvalue weighted by Crippen LogP contribution is -2.64. The van der Waals surface area contributed by atoms with E-state index >= 15 is 0 Å². The van der Waals surface area contributed by atoms with Crippen molar-refractivity contribution < 1.29 is 14.0 Å². The highest BCUT2D eigenvalue weighted by molar-refractivity contribution is 7.09. The second kappa shape index (κ2) is 7.30. The van der Waals surface area contributed by atoms with E-state index in [-0.39, 0.29) is 17.9 Å². The molecule has 0 unspecified atom stereocenters. The first-order valence-electron chi connectivity index (χ1n) is 10.7. The minimum atomic E-state index is -0.972. The molecule has 0 aromatic carbocycles. The van der Waals surface area contributed by atoms with Gasteiger partial charge in [0.15, 0.2) is 5.58 Å². The molecule has 158 valence electrons. The molecule has 1 saturated carbocycles. The Kier molecular flexibility index (Phi) is 4.73. The predicted octanol–water partition coefficient (Wildman–Crippen LogP) is 4.41. The quantitative estimate of drug-likeness (QED) is 0.673. The number of hydrogen-bond acceptors (Lipinski definition) is 4. The molecule has 1 aliphatic heterocycles. The summed E-state index contributed by atoms with van der Waals surface area (Å²) >= 11 is 1.60. The lowest BCUT2D eigenvalue weighted by Gasteiger charge is -2.44. The molecule has 0 radical (unpaired) electrons. The number of hydrogen-bond donors (Lipinski definition) is 1. The Labute approximate surface area is 179 Å². The van der Waals surface area contributed by atoms with E-state index in [1.165, 1.54) is 0 Å². The molecule has 7 heteroatoms. The standard InChI is InChI=1S/C23H27N3O3S/c1-15-5-7-16(8-6-15)24-22(28)23(2)14-25-18-9-10-29-20(18)12-19(25)21(27)26(23)13-17-4-3-11-30-17/h3-4,9-12,15-16H,5-8,13-14H2,1-2H3,(H,24,28)/t15?,16?,23-/m1/s1. The number of nitrogens with zero attached hydrogens (tertiary/aromatic N) is 2. The fourth-order valence-corrected chi connectivity index (χ4v) is 5.52. The molecule has 1 atom stereocenters. The summed E-state index contributed by atoms with van der Waals surface area (Å²) in [5.74, 6) is 0.524. The van der Waals surface area contributed by atoms with Crippen molar-refractivity contribution in [3.8, 4) is 0 Å². The normalized spacial score (nSPS) is 26.7. The zero-order valence-electron chi connectivity index (χ0n) is 17.4. The maximum absolute atomic E-state index is 13.6. The Morgan fingerprint density at radius 3 is 2.83 bits per heavy atom. The summed E-state index contributed by atoms with van der Waals surface area (Å²) in [5, 5.41) is 5.28. The molecular formula is C23H27N3O3S. The number of carbonyl (C=O) groups is 2. The number of nitrogens with one attached hydrogen (secondary N) is 1. The van der Waals surface area contributed by atoms with Crippen LogP contribution in [0.4, 0.5) is 0 Å². The number of amides is 2. The first-order chi connectivity index (χ1) is 14.5. The first kappa shape index (κ1) is 19.4. The van der Waals surface area contributed by atoms with Gasteiger partial charge in [0.05, 0.1) is 24.9 Å². The molecule has 3 aromatic heterocycles. The van der Waals surface area contributed by atoms with Crippen LogP contribution in [-0.4, -0.2) is 32.9 Å². The van der Waals surface area contributed by atoms with Gasteiger partial charge in [-0.05, 0) is 50.0 Å². The average Bonchev–Trinajstić information content (AvgIpc) is 3.45. The van der Waals surface area contributed by atoms with Gasteiger partial charge in [0.2, 0.25) is 5.91 Å². The molecular weight excluding hydrogens is 398 g/mol. The minimum Gasteiger partial charge on any atom is -0.463 e. The van der Waals surface area contributed by atoms with Crippen molar-refractivity contribution in [1.82, 2.24) is 14.8 Å². The van der Waals surface area contributed by atoms with E-state index < -0.39 is 5.54 Å². The molecule has 1 fully saturated rings. The van der Waals surface area contributed by atoms with Gasteiger partial charge in [0.1, 0.15) is 11.2 Å². The van der Waals surface area contributed by atoms with Crippen molar-refractivity contribution in [3.63, 3.8) is 0 Å². The fourth-order valence-electron chi connectivity index (χ4n) is 4.82. The van der Waals surface area contributed by atoms with Gasteiger partial charge in [-0.3, -0.25) is 9.59 Å². The molecule has 6 nitrogen and oxygen atoms in total. The smallest absolute Gasteiger partial charge is 0.271 e. The van der Waals surface area contributed by atoms with E-state index in [1.54, 1.807) is 28.6 Å². The summed E-state index contributed by atoms with van der Waals surface area (Å²) in [5.41, 5.74) is 1.15. The third kappa shape index (κ3) is 3.16. The van der Waals surface area contributed by atoms with Crippen LogP contribution in [0.25, 0.3) is 11.1 Å². The van der Waals surface area contributed by atoms with E-state index in [4.69, 9.17) is 4.42 Å². The monoisotopic (exact) mass is 425 g/mol. The largest absolute Gasteiger partial charge is 0.463 e. The van der Waals surface area contributed by atoms with Gasteiger partial charge < -0.3 is 19.2 Å². The number of fused-ring (bicyclic) bond motifs is 3. The Balaban J connectivity index is 1.50. The zero-order chi connectivity index (χ0) is 20.9. The molecule has 0 bridgehead atoms. The summed E-state index contributed by atoms with van der Waals surface area (Å²) in [6.07, 6.45) is 5.90. The second-order valence-corrected chi connectivity index (χ2v) is 9.99. The Morgan fingerprint density at radius 1 is 1.30 bits per heavy atom. The van der Waals surface area contributed by atoms with Gasteiger partial charge in [0.25, 0.3) is 5.91 Å². The number of rotatable bonds is 4. The summed E-state index contributed by atoms with van der Waals surface area (Å²) < 4.78 is 7.47. The molecule has 1 aliphatic carbocycles. The minimum absolute atomic E-state index is 0.0667. The third-order valence-corrected chi connectivity index (χ3v) is 7.64. The van der Waals surface area contributed by atoms with Gasteiger partial charge in [0, 0.05) is 23.1 Å². The number of aromatic nitrogens is 1. The van der Waals surface area contributed by atoms with Crippen molar-refractivity contribution in [2.24, 2.45) is 5.92 Å². The fraction of sp³-hybridized carbons (Fsp3) is 0.478. The molecule has 5 rings (SSSR count). The van der Waals surface area contributed by atoms with E-state index in [9.17, 15) is 9.59 Å². The van der Waals surface area contributed by atoms with E-state index in [0.717, 1.165) is 42.0 Å². The molecule has 1 N–H and O–H groups in total. The van der Waals surface area contributed by atoms with Crippen LogP contribution in [0.15, 0.2) is 40.3 Å². The summed E-state index contributed by atoms with van der Waals surface area (Å²) in [6.45, 7) is 5.01. The van der Waals surface area contributed by atoms with Crippen LogP contribution in [0, 0.1) is 5.92 Å². The molecule has 2 aliphatic rings. The van der Waals surface area contributed by atoms with Crippen LogP contribution in [-0.2, 0) is 17.9 Å². The average molecular weight is 426 g/mol. The van der Waals surface area contributed by atoms with E-state index in [2.05, 4.69) is 12.2 Å². The molecule has 3 aromatic rings. The summed E-state index contributed by atoms with van der Waals surface area (Å²) in [4.78, 5) is 30.0. The van der Waals surface area contributed by atoms with E-state index in [1.807, 2.05) is 35.1 Å². The van der Waals surface area contributed by atoms with Crippen molar-refractivity contribution in [1.29, 1.82) is 0 Å². The highest BCUT2D eigenvalue weighted by Crippen LogP contribution is 2.35. The van der Waals surface area contributed by atoms with Gasteiger partial charge in [-0.2, -0.15) is 0 Å². The van der Waals surface area contributed by atoms with Crippen LogP contribution in [0.1, 0.15) is 54.9 Å². The molecule has 4 heterocycles. The van der Waals surface area contributed by atoms with Crippen molar-refractivity contribution in [3.05, 3.63) is 46.5 Å². The van der Waals surface area contributed by atoms with Gasteiger partial charge in [-0.1, -0.05) is 13.0 Å².